The normalized spacial score (nSPS) is 12.5. The van der Waals surface area contributed by atoms with Gasteiger partial charge in [-0.3, -0.25) is 4.98 Å². The summed E-state index contributed by atoms with van der Waals surface area (Å²) in [7, 11) is 0. The van der Waals surface area contributed by atoms with Crippen molar-refractivity contribution in [3.63, 3.8) is 0 Å². The van der Waals surface area contributed by atoms with Crippen molar-refractivity contribution in [2.75, 3.05) is 0 Å². The zero-order valence-electron chi connectivity index (χ0n) is 11.0. The maximum Gasteiger partial charge on any atom is 0.0336 e. The second-order valence-corrected chi connectivity index (χ2v) is 5.84. The van der Waals surface area contributed by atoms with Crippen molar-refractivity contribution in [2.45, 2.75) is 12.5 Å². The molecule has 0 bridgehead atoms. The summed E-state index contributed by atoms with van der Waals surface area (Å²) in [6.07, 6.45) is 4.46. The van der Waals surface area contributed by atoms with Crippen molar-refractivity contribution in [1.82, 2.24) is 4.98 Å². The van der Waals surface area contributed by atoms with Crippen LogP contribution in [0, 0.1) is 0 Å². The van der Waals surface area contributed by atoms with Gasteiger partial charge in [-0.2, -0.15) is 0 Å². The van der Waals surface area contributed by atoms with E-state index in [0.717, 1.165) is 22.0 Å². The molecule has 1 atom stereocenters. The van der Waals surface area contributed by atoms with Gasteiger partial charge in [-0.15, -0.1) is 0 Å². The van der Waals surface area contributed by atoms with Crippen molar-refractivity contribution in [2.24, 2.45) is 5.73 Å². The van der Waals surface area contributed by atoms with Gasteiger partial charge in [0.05, 0.1) is 0 Å². The molecule has 3 aromatic rings. The highest BCUT2D eigenvalue weighted by atomic mass is 79.9. The molecule has 0 aliphatic carbocycles. The minimum Gasteiger partial charge on any atom is -0.324 e. The van der Waals surface area contributed by atoms with Crippen LogP contribution in [-0.2, 0) is 6.42 Å². The molecule has 0 spiro atoms. The predicted molar refractivity (Wildman–Crippen MR) is 86.5 cm³/mol. The summed E-state index contributed by atoms with van der Waals surface area (Å²) in [6, 6.07) is 16.7. The molecule has 2 nitrogen and oxygen atoms in total. The first kappa shape index (κ1) is 13.3. The van der Waals surface area contributed by atoms with Crippen LogP contribution in [0.25, 0.3) is 10.8 Å². The average Bonchev–Trinajstić information content (AvgIpc) is 2.47. The van der Waals surface area contributed by atoms with E-state index in [2.05, 4.69) is 63.4 Å². The fourth-order valence-electron chi connectivity index (χ4n) is 2.36. The number of nitrogens with zero attached hydrogens (tertiary/aromatic N) is 1. The second-order valence-electron chi connectivity index (χ2n) is 4.92. The van der Waals surface area contributed by atoms with Crippen LogP contribution in [0.3, 0.4) is 0 Å². The van der Waals surface area contributed by atoms with Crippen LogP contribution in [0.1, 0.15) is 17.2 Å². The number of hydrogen-bond donors (Lipinski definition) is 1. The molecule has 0 aliphatic rings. The Labute approximate surface area is 126 Å². The summed E-state index contributed by atoms with van der Waals surface area (Å²) in [4.78, 5) is 4.13. The Morgan fingerprint density at radius 2 is 1.85 bits per heavy atom. The monoisotopic (exact) mass is 326 g/mol. The molecule has 3 heteroatoms. The molecule has 0 saturated carbocycles. The van der Waals surface area contributed by atoms with Crippen molar-refractivity contribution in [3.05, 3.63) is 76.5 Å². The summed E-state index contributed by atoms with van der Waals surface area (Å²) in [6.45, 7) is 0. The first-order valence-corrected chi connectivity index (χ1v) is 7.35. The molecule has 2 aromatic carbocycles. The molecule has 3 rings (SSSR count). The molecular weight excluding hydrogens is 312 g/mol. The fourth-order valence-corrected chi connectivity index (χ4v) is 2.74. The van der Waals surface area contributed by atoms with E-state index in [4.69, 9.17) is 5.73 Å². The van der Waals surface area contributed by atoms with Crippen LogP contribution < -0.4 is 5.73 Å². The van der Waals surface area contributed by atoms with E-state index >= 15 is 0 Å². The lowest BCUT2D eigenvalue weighted by Gasteiger charge is -2.13. The molecule has 0 amide bonds. The van der Waals surface area contributed by atoms with E-state index in [1.165, 1.54) is 10.8 Å². The third kappa shape index (κ3) is 2.89. The van der Waals surface area contributed by atoms with E-state index in [9.17, 15) is 0 Å². The molecule has 1 heterocycles. The topological polar surface area (TPSA) is 38.9 Å². The molecule has 0 fully saturated rings. The number of pyridine rings is 1. The summed E-state index contributed by atoms with van der Waals surface area (Å²) in [5, 5.41) is 2.43. The summed E-state index contributed by atoms with van der Waals surface area (Å²) in [5.74, 6) is 0. The third-order valence-corrected chi connectivity index (χ3v) is 3.93. The maximum atomic E-state index is 6.31. The predicted octanol–water partition coefficient (Wildman–Crippen LogP) is 4.24. The first-order chi connectivity index (χ1) is 9.72. The Morgan fingerprint density at radius 3 is 2.65 bits per heavy atom. The highest BCUT2D eigenvalue weighted by molar-refractivity contribution is 9.10. The Hall–Kier alpha value is -1.71. The minimum atomic E-state index is -0.00718. The van der Waals surface area contributed by atoms with Crippen LogP contribution in [0.4, 0.5) is 0 Å². The number of hydrogen-bond acceptors (Lipinski definition) is 2. The van der Waals surface area contributed by atoms with E-state index in [0.29, 0.717) is 0 Å². The zero-order chi connectivity index (χ0) is 13.9. The highest BCUT2D eigenvalue weighted by Gasteiger charge is 2.08. The van der Waals surface area contributed by atoms with Crippen LogP contribution in [-0.4, -0.2) is 4.98 Å². The molecular formula is C17H15BrN2. The Kier molecular flexibility index (Phi) is 3.81. The Balaban J connectivity index is 1.88. The molecule has 0 radical (unpaired) electrons. The number of fused-ring (bicyclic) bond motifs is 1. The Morgan fingerprint density at radius 1 is 1.05 bits per heavy atom. The van der Waals surface area contributed by atoms with Crippen molar-refractivity contribution >= 4 is 26.7 Å². The van der Waals surface area contributed by atoms with E-state index in [-0.39, 0.29) is 6.04 Å². The lowest BCUT2D eigenvalue weighted by atomic mass is 9.98. The summed E-state index contributed by atoms with van der Waals surface area (Å²) >= 11 is 3.49. The molecule has 2 N–H and O–H groups in total. The molecule has 1 aromatic heterocycles. The van der Waals surface area contributed by atoms with Gasteiger partial charge in [0.1, 0.15) is 0 Å². The smallest absolute Gasteiger partial charge is 0.0336 e. The molecule has 20 heavy (non-hydrogen) atoms. The van der Waals surface area contributed by atoms with Gasteiger partial charge in [-0.05, 0) is 52.6 Å². The van der Waals surface area contributed by atoms with Gasteiger partial charge >= 0.3 is 0 Å². The van der Waals surface area contributed by atoms with Gasteiger partial charge in [-0.25, -0.2) is 0 Å². The number of aromatic nitrogens is 1. The lowest BCUT2D eigenvalue weighted by Crippen LogP contribution is -2.13. The maximum absolute atomic E-state index is 6.31. The Bertz CT molecular complexity index is 725. The first-order valence-electron chi connectivity index (χ1n) is 6.56. The van der Waals surface area contributed by atoms with Crippen LogP contribution >= 0.6 is 15.9 Å². The molecule has 100 valence electrons. The minimum absolute atomic E-state index is 0.00718. The SMILES string of the molecule is NC(Cc1cccnc1)c1ccc2cc(Br)ccc2c1. The fraction of sp³-hybridized carbons (Fsp3) is 0.118. The quantitative estimate of drug-likeness (QED) is 0.781. The number of nitrogens with two attached hydrogens (primary N) is 1. The van der Waals surface area contributed by atoms with Gasteiger partial charge in [0.25, 0.3) is 0 Å². The van der Waals surface area contributed by atoms with E-state index < -0.39 is 0 Å². The van der Waals surface area contributed by atoms with Crippen LogP contribution in [0.2, 0.25) is 0 Å². The third-order valence-electron chi connectivity index (χ3n) is 3.43. The summed E-state index contributed by atoms with van der Waals surface area (Å²) < 4.78 is 1.09. The van der Waals surface area contributed by atoms with Crippen LogP contribution in [0.5, 0.6) is 0 Å². The largest absolute Gasteiger partial charge is 0.324 e. The van der Waals surface area contributed by atoms with Gasteiger partial charge in [0.15, 0.2) is 0 Å². The second kappa shape index (κ2) is 5.73. The zero-order valence-corrected chi connectivity index (χ0v) is 12.5. The average molecular weight is 327 g/mol. The van der Waals surface area contributed by atoms with E-state index in [1.807, 2.05) is 12.3 Å². The van der Waals surface area contributed by atoms with Crippen LogP contribution in [0.15, 0.2) is 65.4 Å². The molecule has 0 aliphatic heterocycles. The number of rotatable bonds is 3. The molecule has 1 unspecified atom stereocenters. The molecule has 0 saturated heterocycles. The van der Waals surface area contributed by atoms with E-state index in [1.54, 1.807) is 6.20 Å². The van der Waals surface area contributed by atoms with Gasteiger partial charge < -0.3 is 5.73 Å². The highest BCUT2D eigenvalue weighted by Crippen LogP contribution is 2.24. The van der Waals surface area contributed by atoms with Gasteiger partial charge in [-0.1, -0.05) is 40.2 Å². The number of benzene rings is 2. The lowest BCUT2D eigenvalue weighted by molar-refractivity contribution is 0.721. The summed E-state index contributed by atoms with van der Waals surface area (Å²) in [5.41, 5.74) is 8.63. The number of halogens is 1. The van der Waals surface area contributed by atoms with Crippen molar-refractivity contribution in [1.29, 1.82) is 0 Å². The van der Waals surface area contributed by atoms with Crippen molar-refractivity contribution < 1.29 is 0 Å². The standard InChI is InChI=1S/C17H15BrN2/c18-16-6-5-13-9-15(4-3-14(13)10-16)17(19)8-12-2-1-7-20-11-12/h1-7,9-11,17H,8,19H2. The van der Waals surface area contributed by atoms with Crippen molar-refractivity contribution in [3.8, 4) is 0 Å². The van der Waals surface area contributed by atoms with Gasteiger partial charge in [0, 0.05) is 22.9 Å². The van der Waals surface area contributed by atoms with Gasteiger partial charge in [0.2, 0.25) is 0 Å².